The van der Waals surface area contributed by atoms with Gasteiger partial charge in [-0.15, -0.1) is 0 Å². The zero-order valence-corrected chi connectivity index (χ0v) is 9.19. The lowest BCUT2D eigenvalue weighted by molar-refractivity contribution is 0.199. The Balaban J connectivity index is 2.69. The number of hydrogen-bond acceptors (Lipinski definition) is 3. The molecule has 0 fully saturated rings. The molecule has 0 aliphatic carbocycles. The van der Waals surface area contributed by atoms with Crippen LogP contribution in [0.4, 0.5) is 0 Å². The third-order valence-corrected chi connectivity index (χ3v) is 2.60. The van der Waals surface area contributed by atoms with Crippen molar-refractivity contribution >= 4 is 11.1 Å². The molecule has 2 rings (SSSR count). The highest BCUT2D eigenvalue weighted by Gasteiger charge is 2.13. The lowest BCUT2D eigenvalue weighted by Gasteiger charge is -2.10. The highest BCUT2D eigenvalue weighted by atomic mass is 16.3. The third kappa shape index (κ3) is 1.75. The number of benzene rings is 1. The van der Waals surface area contributed by atoms with Crippen LogP contribution in [-0.2, 0) is 0 Å². The predicted octanol–water partition coefficient (Wildman–Crippen LogP) is 3.00. The molecule has 0 saturated heterocycles. The third-order valence-electron chi connectivity index (χ3n) is 2.60. The number of aliphatic hydroxyl groups is 1. The molecule has 1 aromatic heterocycles. The highest BCUT2D eigenvalue weighted by molar-refractivity contribution is 5.77. The summed E-state index contributed by atoms with van der Waals surface area (Å²) >= 11 is 0. The molecule has 1 heterocycles. The summed E-state index contributed by atoms with van der Waals surface area (Å²) in [6.07, 6.45) is 0.889. The van der Waals surface area contributed by atoms with Gasteiger partial charge in [0.2, 0.25) is 0 Å². The minimum Gasteiger partial charge on any atom is -0.443 e. The molecule has 3 heteroatoms. The zero-order valence-electron chi connectivity index (χ0n) is 9.19. The zero-order chi connectivity index (χ0) is 11.0. The van der Waals surface area contributed by atoms with Gasteiger partial charge in [-0.1, -0.05) is 13.8 Å². The van der Waals surface area contributed by atoms with Gasteiger partial charge in [-0.3, -0.25) is 0 Å². The summed E-state index contributed by atoms with van der Waals surface area (Å²) in [5, 5.41) is 9.66. The van der Waals surface area contributed by atoms with Gasteiger partial charge < -0.3 is 9.52 Å². The Bertz CT molecular complexity index is 471. The Morgan fingerprint density at radius 3 is 2.60 bits per heavy atom. The van der Waals surface area contributed by atoms with Crippen LogP contribution in [0.1, 0.15) is 43.9 Å². The van der Waals surface area contributed by atoms with Gasteiger partial charge >= 0.3 is 0 Å². The number of hydrogen-bond donors (Lipinski definition) is 1. The average molecular weight is 205 g/mol. The Kier molecular flexibility index (Phi) is 2.49. The SMILES string of the molecule is CC(C)c1cc(C(C)O)c2ocnc2c1. The van der Waals surface area contributed by atoms with Gasteiger partial charge in [0.05, 0.1) is 6.10 Å². The maximum Gasteiger partial charge on any atom is 0.181 e. The quantitative estimate of drug-likeness (QED) is 0.819. The van der Waals surface area contributed by atoms with Crippen molar-refractivity contribution in [3.8, 4) is 0 Å². The number of aliphatic hydroxyl groups excluding tert-OH is 1. The van der Waals surface area contributed by atoms with E-state index in [4.69, 9.17) is 4.42 Å². The first-order chi connectivity index (χ1) is 7.09. The molecule has 0 spiro atoms. The van der Waals surface area contributed by atoms with Crippen LogP contribution in [-0.4, -0.2) is 10.1 Å². The summed E-state index contributed by atoms with van der Waals surface area (Å²) in [4.78, 5) is 4.13. The van der Waals surface area contributed by atoms with Crippen molar-refractivity contribution in [3.05, 3.63) is 29.7 Å². The summed E-state index contributed by atoms with van der Waals surface area (Å²) in [5.74, 6) is 0.420. The predicted molar refractivity (Wildman–Crippen MR) is 58.7 cm³/mol. The van der Waals surface area contributed by atoms with Crippen LogP contribution in [0.2, 0.25) is 0 Å². The van der Waals surface area contributed by atoms with Crippen molar-refractivity contribution in [2.24, 2.45) is 0 Å². The summed E-state index contributed by atoms with van der Waals surface area (Å²) < 4.78 is 5.27. The molecule has 2 aromatic rings. The Labute approximate surface area is 88.7 Å². The van der Waals surface area contributed by atoms with Crippen LogP contribution in [0.15, 0.2) is 22.9 Å². The van der Waals surface area contributed by atoms with E-state index in [2.05, 4.69) is 18.8 Å². The second kappa shape index (κ2) is 3.66. The molecule has 0 aliphatic rings. The fourth-order valence-corrected chi connectivity index (χ4v) is 1.66. The van der Waals surface area contributed by atoms with Crippen LogP contribution in [0.25, 0.3) is 11.1 Å². The van der Waals surface area contributed by atoms with Crippen LogP contribution in [0, 0.1) is 0 Å². The molecule has 0 bridgehead atoms. The van der Waals surface area contributed by atoms with Gasteiger partial charge in [0.25, 0.3) is 0 Å². The first-order valence-electron chi connectivity index (χ1n) is 5.14. The van der Waals surface area contributed by atoms with E-state index in [1.807, 2.05) is 12.1 Å². The lowest BCUT2D eigenvalue weighted by atomic mass is 9.98. The standard InChI is InChI=1S/C12H15NO2/c1-7(2)9-4-10(8(3)14)12-11(5-9)13-6-15-12/h4-8,14H,1-3H3. The molecule has 0 saturated carbocycles. The van der Waals surface area contributed by atoms with Crippen LogP contribution >= 0.6 is 0 Å². The molecule has 3 nitrogen and oxygen atoms in total. The van der Waals surface area contributed by atoms with Crippen molar-refractivity contribution in [2.75, 3.05) is 0 Å². The van der Waals surface area contributed by atoms with E-state index in [1.54, 1.807) is 6.92 Å². The van der Waals surface area contributed by atoms with Crippen LogP contribution < -0.4 is 0 Å². The average Bonchev–Trinajstić information content (AvgIpc) is 2.62. The smallest absolute Gasteiger partial charge is 0.181 e. The van der Waals surface area contributed by atoms with E-state index < -0.39 is 6.10 Å². The first kappa shape index (κ1) is 10.2. The van der Waals surface area contributed by atoms with Gasteiger partial charge in [0.15, 0.2) is 12.0 Å². The number of aromatic nitrogens is 1. The van der Waals surface area contributed by atoms with Gasteiger partial charge in [-0.25, -0.2) is 4.98 Å². The first-order valence-corrected chi connectivity index (χ1v) is 5.14. The fraction of sp³-hybridized carbons (Fsp3) is 0.417. The molecule has 0 amide bonds. The van der Waals surface area contributed by atoms with Crippen molar-refractivity contribution in [1.29, 1.82) is 0 Å². The molecule has 1 aromatic carbocycles. The molecule has 80 valence electrons. The molecule has 0 aliphatic heterocycles. The summed E-state index contributed by atoms with van der Waals surface area (Å²) in [6, 6.07) is 4.00. The summed E-state index contributed by atoms with van der Waals surface area (Å²) in [6.45, 7) is 5.97. The van der Waals surface area contributed by atoms with E-state index in [0.717, 1.165) is 11.1 Å². The van der Waals surface area contributed by atoms with Crippen LogP contribution in [0.5, 0.6) is 0 Å². The van der Waals surface area contributed by atoms with Crippen molar-refractivity contribution in [2.45, 2.75) is 32.8 Å². The molecule has 1 unspecified atom stereocenters. The Hall–Kier alpha value is -1.35. The highest BCUT2D eigenvalue weighted by Crippen LogP contribution is 2.28. The molecule has 15 heavy (non-hydrogen) atoms. The summed E-state index contributed by atoms with van der Waals surface area (Å²) in [5.41, 5.74) is 3.49. The number of fused-ring (bicyclic) bond motifs is 1. The van der Waals surface area contributed by atoms with Crippen LogP contribution in [0.3, 0.4) is 0 Å². The van der Waals surface area contributed by atoms with Gasteiger partial charge in [0.1, 0.15) is 5.52 Å². The minimum atomic E-state index is -0.529. The second-order valence-corrected chi connectivity index (χ2v) is 4.14. The van der Waals surface area contributed by atoms with E-state index in [9.17, 15) is 5.11 Å². The molecule has 1 N–H and O–H groups in total. The van der Waals surface area contributed by atoms with E-state index in [-0.39, 0.29) is 0 Å². The number of rotatable bonds is 2. The normalized spacial score (nSPS) is 13.7. The fourth-order valence-electron chi connectivity index (χ4n) is 1.66. The molecular weight excluding hydrogens is 190 g/mol. The van der Waals surface area contributed by atoms with Gasteiger partial charge in [0, 0.05) is 5.56 Å². The van der Waals surface area contributed by atoms with E-state index >= 15 is 0 Å². The van der Waals surface area contributed by atoms with Gasteiger partial charge in [-0.2, -0.15) is 0 Å². The van der Waals surface area contributed by atoms with E-state index in [0.29, 0.717) is 11.5 Å². The topological polar surface area (TPSA) is 46.3 Å². The van der Waals surface area contributed by atoms with Gasteiger partial charge in [-0.05, 0) is 30.5 Å². The minimum absolute atomic E-state index is 0.420. The van der Waals surface area contributed by atoms with Crippen molar-refractivity contribution < 1.29 is 9.52 Å². The largest absolute Gasteiger partial charge is 0.443 e. The molecule has 0 radical (unpaired) electrons. The Morgan fingerprint density at radius 2 is 2.00 bits per heavy atom. The second-order valence-electron chi connectivity index (χ2n) is 4.14. The number of oxazole rings is 1. The van der Waals surface area contributed by atoms with E-state index in [1.165, 1.54) is 12.0 Å². The molecular formula is C12H15NO2. The number of nitrogens with zero attached hydrogens (tertiary/aromatic N) is 1. The Morgan fingerprint density at radius 1 is 1.27 bits per heavy atom. The van der Waals surface area contributed by atoms with Crippen molar-refractivity contribution in [3.63, 3.8) is 0 Å². The monoisotopic (exact) mass is 205 g/mol. The van der Waals surface area contributed by atoms with Crippen molar-refractivity contribution in [1.82, 2.24) is 4.98 Å². The molecule has 1 atom stereocenters. The summed E-state index contributed by atoms with van der Waals surface area (Å²) in [7, 11) is 0. The maximum absolute atomic E-state index is 9.66. The maximum atomic E-state index is 9.66. The lowest BCUT2D eigenvalue weighted by Crippen LogP contribution is -1.96.